The number of anilines is 1. The van der Waals surface area contributed by atoms with E-state index >= 15 is 0 Å². The third-order valence-corrected chi connectivity index (χ3v) is 4.13. The highest BCUT2D eigenvalue weighted by atomic mass is 79.9. The van der Waals surface area contributed by atoms with Gasteiger partial charge >= 0.3 is 0 Å². The van der Waals surface area contributed by atoms with Gasteiger partial charge in [0.25, 0.3) is 0 Å². The van der Waals surface area contributed by atoms with E-state index in [1.807, 2.05) is 21.0 Å². The van der Waals surface area contributed by atoms with Gasteiger partial charge < -0.3 is 4.90 Å². The predicted octanol–water partition coefficient (Wildman–Crippen LogP) is 3.43. The number of aryl methyl sites for hydroxylation is 1. The molecular formula is C10H11BrN2S. The fourth-order valence-electron chi connectivity index (χ4n) is 1.41. The first-order valence-electron chi connectivity index (χ1n) is 4.32. The van der Waals surface area contributed by atoms with Crippen LogP contribution in [0.1, 0.15) is 5.01 Å². The monoisotopic (exact) mass is 270 g/mol. The molecule has 0 aliphatic heterocycles. The molecule has 4 heteroatoms. The van der Waals surface area contributed by atoms with Crippen LogP contribution in [0.15, 0.2) is 16.6 Å². The Kier molecular flexibility index (Phi) is 2.49. The number of fused-ring (bicyclic) bond motifs is 1. The minimum Gasteiger partial charge on any atom is -0.377 e. The molecular weight excluding hydrogens is 260 g/mol. The summed E-state index contributed by atoms with van der Waals surface area (Å²) in [4.78, 5) is 6.54. The minimum atomic E-state index is 1.07. The SMILES string of the molecule is Cc1nc2ccc(N(C)C)c(Br)c2s1. The standard InChI is InChI=1S/C10H11BrN2S/c1-6-12-7-4-5-8(13(2)3)9(11)10(7)14-6/h4-5H,1-3H3. The van der Waals surface area contributed by atoms with E-state index in [0.717, 1.165) is 15.0 Å². The van der Waals surface area contributed by atoms with Crippen LogP contribution in [0.25, 0.3) is 10.2 Å². The highest BCUT2D eigenvalue weighted by Crippen LogP contribution is 2.36. The average Bonchev–Trinajstić information content (AvgIpc) is 2.46. The molecule has 0 saturated heterocycles. The van der Waals surface area contributed by atoms with Gasteiger partial charge in [0, 0.05) is 14.1 Å². The van der Waals surface area contributed by atoms with Crippen molar-refractivity contribution in [3.63, 3.8) is 0 Å². The summed E-state index contributed by atoms with van der Waals surface area (Å²) in [6.07, 6.45) is 0. The van der Waals surface area contributed by atoms with Crippen molar-refractivity contribution in [3.8, 4) is 0 Å². The molecule has 0 N–H and O–H groups in total. The topological polar surface area (TPSA) is 16.1 Å². The van der Waals surface area contributed by atoms with Crippen molar-refractivity contribution in [3.05, 3.63) is 21.6 Å². The highest BCUT2D eigenvalue weighted by Gasteiger charge is 2.09. The number of rotatable bonds is 1. The number of thiazole rings is 1. The Morgan fingerprint density at radius 3 is 2.71 bits per heavy atom. The quantitative estimate of drug-likeness (QED) is 0.790. The van der Waals surface area contributed by atoms with Crippen molar-refractivity contribution in [2.24, 2.45) is 0 Å². The highest BCUT2D eigenvalue weighted by molar-refractivity contribution is 9.10. The summed E-state index contributed by atoms with van der Waals surface area (Å²) in [6, 6.07) is 4.16. The van der Waals surface area contributed by atoms with Crippen molar-refractivity contribution in [2.75, 3.05) is 19.0 Å². The first-order chi connectivity index (χ1) is 6.59. The van der Waals surface area contributed by atoms with E-state index in [1.165, 1.54) is 10.4 Å². The molecule has 0 saturated carbocycles. The van der Waals surface area contributed by atoms with Gasteiger partial charge in [0.15, 0.2) is 0 Å². The zero-order chi connectivity index (χ0) is 10.3. The molecule has 74 valence electrons. The molecule has 1 aromatic heterocycles. The van der Waals surface area contributed by atoms with Crippen molar-refractivity contribution < 1.29 is 0 Å². The lowest BCUT2D eigenvalue weighted by Crippen LogP contribution is -2.08. The van der Waals surface area contributed by atoms with Crippen molar-refractivity contribution >= 4 is 43.2 Å². The number of nitrogens with zero attached hydrogens (tertiary/aromatic N) is 2. The Bertz CT molecular complexity index is 476. The van der Waals surface area contributed by atoms with Crippen LogP contribution in [0.3, 0.4) is 0 Å². The second kappa shape index (κ2) is 3.51. The summed E-state index contributed by atoms with van der Waals surface area (Å²) in [7, 11) is 4.08. The van der Waals surface area contributed by atoms with Gasteiger partial charge in [-0.15, -0.1) is 11.3 Å². The van der Waals surface area contributed by atoms with Gasteiger partial charge in [0.2, 0.25) is 0 Å². The Morgan fingerprint density at radius 1 is 1.36 bits per heavy atom. The molecule has 0 radical (unpaired) electrons. The molecule has 0 fully saturated rings. The summed E-state index contributed by atoms with van der Waals surface area (Å²) >= 11 is 5.35. The second-order valence-electron chi connectivity index (χ2n) is 3.37. The Hall–Kier alpha value is -0.610. The average molecular weight is 271 g/mol. The number of hydrogen-bond donors (Lipinski definition) is 0. The second-order valence-corrected chi connectivity index (χ2v) is 5.37. The number of halogens is 1. The summed E-state index contributed by atoms with van der Waals surface area (Å²) in [5, 5.41) is 1.11. The summed E-state index contributed by atoms with van der Waals surface area (Å²) in [5.41, 5.74) is 2.27. The van der Waals surface area contributed by atoms with Gasteiger partial charge in [-0.2, -0.15) is 0 Å². The van der Waals surface area contributed by atoms with Crippen molar-refractivity contribution in [2.45, 2.75) is 6.92 Å². The normalized spacial score (nSPS) is 10.9. The van der Waals surface area contributed by atoms with E-state index in [2.05, 4.69) is 37.9 Å². The van der Waals surface area contributed by atoms with E-state index in [-0.39, 0.29) is 0 Å². The lowest BCUT2D eigenvalue weighted by Gasteiger charge is -2.14. The van der Waals surface area contributed by atoms with Crippen molar-refractivity contribution in [1.82, 2.24) is 4.98 Å². The van der Waals surface area contributed by atoms with Gasteiger partial charge in [-0.05, 0) is 35.0 Å². The van der Waals surface area contributed by atoms with E-state index in [1.54, 1.807) is 11.3 Å². The predicted molar refractivity (Wildman–Crippen MR) is 66.4 cm³/mol. The zero-order valence-corrected chi connectivity index (χ0v) is 10.7. The summed E-state index contributed by atoms with van der Waals surface area (Å²) < 4.78 is 2.37. The van der Waals surface area contributed by atoms with E-state index < -0.39 is 0 Å². The molecule has 0 bridgehead atoms. The Balaban J connectivity index is 2.74. The fourth-order valence-corrected chi connectivity index (χ4v) is 3.19. The molecule has 2 aromatic rings. The lowest BCUT2D eigenvalue weighted by atomic mass is 10.3. The maximum absolute atomic E-state index is 4.44. The number of hydrogen-bond acceptors (Lipinski definition) is 3. The fraction of sp³-hybridized carbons (Fsp3) is 0.300. The Morgan fingerprint density at radius 2 is 2.07 bits per heavy atom. The van der Waals surface area contributed by atoms with Crippen LogP contribution >= 0.6 is 27.3 Å². The van der Waals surface area contributed by atoms with Crippen molar-refractivity contribution in [1.29, 1.82) is 0 Å². The first kappa shape index (κ1) is 9.93. The molecule has 2 rings (SSSR count). The van der Waals surface area contributed by atoms with Crippen LogP contribution in [0.2, 0.25) is 0 Å². The minimum absolute atomic E-state index is 1.07. The smallest absolute Gasteiger partial charge is 0.0908 e. The molecule has 1 aromatic carbocycles. The molecule has 0 atom stereocenters. The van der Waals surface area contributed by atoms with Gasteiger partial charge in [-0.25, -0.2) is 4.98 Å². The largest absolute Gasteiger partial charge is 0.377 e. The van der Waals surface area contributed by atoms with Gasteiger partial charge in [0.1, 0.15) is 0 Å². The molecule has 1 heterocycles. The molecule has 0 aliphatic rings. The first-order valence-corrected chi connectivity index (χ1v) is 5.93. The van der Waals surface area contributed by atoms with E-state index in [0.29, 0.717) is 0 Å². The van der Waals surface area contributed by atoms with Crippen LogP contribution in [0.4, 0.5) is 5.69 Å². The maximum atomic E-state index is 4.44. The molecule has 0 unspecified atom stereocenters. The van der Waals surface area contributed by atoms with Gasteiger partial charge in [0.05, 0.1) is 25.4 Å². The maximum Gasteiger partial charge on any atom is 0.0908 e. The number of benzene rings is 1. The number of aromatic nitrogens is 1. The molecule has 14 heavy (non-hydrogen) atoms. The molecule has 0 amide bonds. The third kappa shape index (κ3) is 1.53. The van der Waals surface area contributed by atoms with E-state index in [4.69, 9.17) is 0 Å². The van der Waals surface area contributed by atoms with Crippen LogP contribution in [-0.2, 0) is 0 Å². The molecule has 2 nitrogen and oxygen atoms in total. The van der Waals surface area contributed by atoms with Crippen LogP contribution in [0.5, 0.6) is 0 Å². The van der Waals surface area contributed by atoms with Gasteiger partial charge in [-0.3, -0.25) is 0 Å². The molecule has 0 spiro atoms. The summed E-state index contributed by atoms with van der Waals surface area (Å²) in [6.45, 7) is 2.03. The lowest BCUT2D eigenvalue weighted by molar-refractivity contribution is 1.13. The Labute approximate surface area is 95.7 Å². The third-order valence-electron chi connectivity index (χ3n) is 2.07. The van der Waals surface area contributed by atoms with Crippen LogP contribution < -0.4 is 4.90 Å². The van der Waals surface area contributed by atoms with Crippen LogP contribution in [-0.4, -0.2) is 19.1 Å². The van der Waals surface area contributed by atoms with Gasteiger partial charge in [-0.1, -0.05) is 0 Å². The van der Waals surface area contributed by atoms with E-state index in [9.17, 15) is 0 Å². The molecule has 0 aliphatic carbocycles. The van der Waals surface area contributed by atoms with Crippen LogP contribution in [0, 0.1) is 6.92 Å². The summed E-state index contributed by atoms with van der Waals surface area (Å²) in [5.74, 6) is 0. The zero-order valence-electron chi connectivity index (χ0n) is 8.34.